The molecule has 1 saturated carbocycles. The monoisotopic (exact) mass is 309 g/mol. The van der Waals surface area contributed by atoms with Gasteiger partial charge in [-0.2, -0.15) is 4.31 Å². The van der Waals surface area contributed by atoms with E-state index < -0.39 is 15.6 Å². The van der Waals surface area contributed by atoms with Crippen LogP contribution in [0.1, 0.15) is 39.2 Å². The molecule has 2 fully saturated rings. The predicted octanol–water partition coefficient (Wildman–Crippen LogP) is 2.13. The first-order valence-electron chi connectivity index (χ1n) is 7.46. The normalized spacial score (nSPS) is 22.9. The quantitative estimate of drug-likeness (QED) is 0.930. The first-order chi connectivity index (χ1) is 9.63. The first-order valence-corrected chi connectivity index (χ1v) is 8.90. The molecule has 0 atom stereocenters. The van der Waals surface area contributed by atoms with Crippen molar-refractivity contribution in [2.45, 2.75) is 49.5 Å². The first kappa shape index (κ1) is 15.0. The highest BCUT2D eigenvalue weighted by Crippen LogP contribution is 2.45. The fourth-order valence-electron chi connectivity index (χ4n) is 2.89. The van der Waals surface area contributed by atoms with Crippen molar-refractivity contribution in [2.75, 3.05) is 13.1 Å². The molecular formula is C16H23NO3S. The fourth-order valence-corrected chi connectivity index (χ4v) is 4.45. The minimum Gasteiger partial charge on any atom is -0.387 e. The van der Waals surface area contributed by atoms with Gasteiger partial charge in [-0.25, -0.2) is 8.42 Å². The van der Waals surface area contributed by atoms with Gasteiger partial charge in [0.2, 0.25) is 10.0 Å². The molecule has 21 heavy (non-hydrogen) atoms. The van der Waals surface area contributed by atoms with Crippen LogP contribution < -0.4 is 0 Å². The summed E-state index contributed by atoms with van der Waals surface area (Å²) in [5.41, 5.74) is 0.337. The summed E-state index contributed by atoms with van der Waals surface area (Å²) < 4.78 is 26.4. The van der Waals surface area contributed by atoms with E-state index in [-0.39, 0.29) is 18.5 Å². The number of aliphatic hydroxyl groups is 1. The Morgan fingerprint density at radius 3 is 2.10 bits per heavy atom. The Morgan fingerprint density at radius 1 is 1.14 bits per heavy atom. The third kappa shape index (κ3) is 2.62. The van der Waals surface area contributed by atoms with Crippen molar-refractivity contribution in [1.82, 2.24) is 4.31 Å². The van der Waals surface area contributed by atoms with Gasteiger partial charge in [0, 0.05) is 13.1 Å². The van der Waals surface area contributed by atoms with Crippen molar-refractivity contribution in [1.29, 1.82) is 0 Å². The Kier molecular flexibility index (Phi) is 3.24. The summed E-state index contributed by atoms with van der Waals surface area (Å²) in [6.07, 6.45) is 2.04. The van der Waals surface area contributed by atoms with E-state index >= 15 is 0 Å². The average Bonchev–Trinajstić information content (AvgIpc) is 3.18. The molecule has 4 nitrogen and oxygen atoms in total. The lowest BCUT2D eigenvalue weighted by Gasteiger charge is -2.45. The standard InChI is InChI=1S/C16H23NO3S/c1-15(2,3)12-6-8-14(9-7-12)21(19,20)17-10-16(18,11-17)13-4-5-13/h6-9,13,18H,4-5,10-11H2,1-3H3. The van der Waals surface area contributed by atoms with Gasteiger partial charge in [-0.3, -0.25) is 0 Å². The zero-order chi connectivity index (χ0) is 15.5. The largest absolute Gasteiger partial charge is 0.387 e. The van der Waals surface area contributed by atoms with Crippen LogP contribution in [0.25, 0.3) is 0 Å². The van der Waals surface area contributed by atoms with Gasteiger partial charge in [-0.1, -0.05) is 32.9 Å². The Morgan fingerprint density at radius 2 is 1.67 bits per heavy atom. The molecule has 0 aromatic heterocycles. The molecule has 3 rings (SSSR count). The molecule has 0 unspecified atom stereocenters. The molecule has 1 saturated heterocycles. The summed E-state index contributed by atoms with van der Waals surface area (Å²) >= 11 is 0. The number of hydrogen-bond donors (Lipinski definition) is 1. The van der Waals surface area contributed by atoms with Gasteiger partial charge in [-0.05, 0) is 41.9 Å². The molecule has 0 amide bonds. The van der Waals surface area contributed by atoms with E-state index in [0.29, 0.717) is 10.8 Å². The zero-order valence-corrected chi connectivity index (χ0v) is 13.7. The molecule has 5 heteroatoms. The van der Waals surface area contributed by atoms with E-state index in [0.717, 1.165) is 18.4 Å². The van der Waals surface area contributed by atoms with E-state index in [1.165, 1.54) is 4.31 Å². The van der Waals surface area contributed by atoms with E-state index in [2.05, 4.69) is 20.8 Å². The molecule has 1 heterocycles. The Hall–Kier alpha value is -0.910. The number of β-amino-alcohol motifs (C(OH)–C–C–N with tert-alkyl or cyclic N) is 1. The third-order valence-corrected chi connectivity index (χ3v) is 6.40. The lowest BCUT2D eigenvalue weighted by atomic mass is 9.87. The van der Waals surface area contributed by atoms with Crippen molar-refractivity contribution < 1.29 is 13.5 Å². The van der Waals surface area contributed by atoms with Crippen molar-refractivity contribution in [2.24, 2.45) is 5.92 Å². The predicted molar refractivity (Wildman–Crippen MR) is 81.6 cm³/mol. The number of hydrogen-bond acceptors (Lipinski definition) is 3. The molecule has 2 aliphatic rings. The van der Waals surface area contributed by atoms with Gasteiger partial charge < -0.3 is 5.11 Å². The number of sulfonamides is 1. The van der Waals surface area contributed by atoms with Crippen LogP contribution in [0.4, 0.5) is 0 Å². The van der Waals surface area contributed by atoms with E-state index in [1.807, 2.05) is 12.1 Å². The van der Waals surface area contributed by atoms with Crippen LogP contribution >= 0.6 is 0 Å². The van der Waals surface area contributed by atoms with Crippen LogP contribution in [0.5, 0.6) is 0 Å². The van der Waals surface area contributed by atoms with Gasteiger partial charge in [0.15, 0.2) is 0 Å². The average molecular weight is 309 g/mol. The van der Waals surface area contributed by atoms with Gasteiger partial charge in [0.05, 0.1) is 10.5 Å². The lowest BCUT2D eigenvalue weighted by Crippen LogP contribution is -2.64. The van der Waals surface area contributed by atoms with Crippen molar-refractivity contribution in [3.63, 3.8) is 0 Å². The molecule has 1 aliphatic heterocycles. The van der Waals surface area contributed by atoms with Gasteiger partial charge in [0.25, 0.3) is 0 Å². The second kappa shape index (κ2) is 4.54. The van der Waals surface area contributed by atoms with E-state index in [1.54, 1.807) is 12.1 Å². The summed E-state index contributed by atoms with van der Waals surface area (Å²) in [5.74, 6) is 0.298. The molecule has 1 aliphatic carbocycles. The molecule has 0 spiro atoms. The maximum Gasteiger partial charge on any atom is 0.243 e. The van der Waals surface area contributed by atoms with Gasteiger partial charge >= 0.3 is 0 Å². The SMILES string of the molecule is CC(C)(C)c1ccc(S(=O)(=O)N2CC(O)(C3CC3)C2)cc1. The van der Waals surface area contributed by atoms with Crippen LogP contribution in [0.15, 0.2) is 29.2 Å². The smallest absolute Gasteiger partial charge is 0.243 e. The second-order valence-electron chi connectivity index (χ2n) is 7.43. The van der Waals surface area contributed by atoms with Crippen LogP contribution in [-0.2, 0) is 15.4 Å². The molecule has 1 aromatic carbocycles. The second-order valence-corrected chi connectivity index (χ2v) is 9.36. The highest BCUT2D eigenvalue weighted by molar-refractivity contribution is 7.89. The summed E-state index contributed by atoms with van der Waals surface area (Å²) in [5, 5.41) is 10.3. The number of benzene rings is 1. The molecule has 1 N–H and O–H groups in total. The maximum atomic E-state index is 12.5. The van der Waals surface area contributed by atoms with E-state index in [4.69, 9.17) is 0 Å². The Bertz CT molecular complexity index is 633. The van der Waals surface area contributed by atoms with Gasteiger partial charge in [-0.15, -0.1) is 0 Å². The topological polar surface area (TPSA) is 57.6 Å². The lowest BCUT2D eigenvalue weighted by molar-refractivity contribution is -0.0764. The fraction of sp³-hybridized carbons (Fsp3) is 0.625. The molecule has 116 valence electrons. The van der Waals surface area contributed by atoms with Crippen LogP contribution in [-0.4, -0.2) is 36.5 Å². The summed E-state index contributed by atoms with van der Waals surface area (Å²) in [6, 6.07) is 7.09. The molecule has 1 aromatic rings. The molecular weight excluding hydrogens is 286 g/mol. The van der Waals surface area contributed by atoms with Gasteiger partial charge in [0.1, 0.15) is 0 Å². The molecule has 0 bridgehead atoms. The molecule has 0 radical (unpaired) electrons. The highest BCUT2D eigenvalue weighted by Gasteiger charge is 2.55. The van der Waals surface area contributed by atoms with Crippen molar-refractivity contribution >= 4 is 10.0 Å². The highest BCUT2D eigenvalue weighted by atomic mass is 32.2. The maximum absolute atomic E-state index is 12.5. The van der Waals surface area contributed by atoms with Crippen LogP contribution in [0.2, 0.25) is 0 Å². The zero-order valence-electron chi connectivity index (χ0n) is 12.8. The summed E-state index contributed by atoms with van der Waals surface area (Å²) in [7, 11) is -3.47. The third-order valence-electron chi connectivity index (χ3n) is 4.60. The number of nitrogens with zero attached hydrogens (tertiary/aromatic N) is 1. The van der Waals surface area contributed by atoms with E-state index in [9.17, 15) is 13.5 Å². The number of rotatable bonds is 3. The minimum absolute atomic E-state index is 0.00523. The van der Waals surface area contributed by atoms with Crippen molar-refractivity contribution in [3.05, 3.63) is 29.8 Å². The Balaban J connectivity index is 1.77. The van der Waals surface area contributed by atoms with Crippen LogP contribution in [0.3, 0.4) is 0 Å². The van der Waals surface area contributed by atoms with Crippen LogP contribution in [0, 0.1) is 5.92 Å². The van der Waals surface area contributed by atoms with Crippen molar-refractivity contribution in [3.8, 4) is 0 Å². The summed E-state index contributed by atoms with van der Waals surface area (Å²) in [6.45, 7) is 6.77. The Labute approximate surface area is 126 Å². The summed E-state index contributed by atoms with van der Waals surface area (Å²) in [4.78, 5) is 0.313. The minimum atomic E-state index is -3.47.